The zero-order valence-electron chi connectivity index (χ0n) is 20.1. The number of imide groups is 1. The maximum Gasteiger partial charge on any atom is 0.308 e. The van der Waals surface area contributed by atoms with Crippen molar-refractivity contribution in [2.45, 2.75) is 42.0 Å². The van der Waals surface area contributed by atoms with E-state index >= 15 is 0 Å². The van der Waals surface area contributed by atoms with Crippen LogP contribution >= 0.6 is 23.1 Å². The molecule has 3 amide bonds. The average molecular weight is 556 g/mol. The second-order valence-corrected chi connectivity index (χ2v) is 11.8. The molecule has 0 N–H and O–H groups in total. The van der Waals surface area contributed by atoms with Crippen LogP contribution in [0.15, 0.2) is 58.4 Å². The van der Waals surface area contributed by atoms with Gasteiger partial charge >= 0.3 is 4.87 Å². The van der Waals surface area contributed by atoms with E-state index in [9.17, 15) is 28.0 Å². The molecule has 0 saturated carbocycles. The third kappa shape index (κ3) is 4.17. The Balaban J connectivity index is 1.43. The second-order valence-electron chi connectivity index (χ2n) is 9.65. The van der Waals surface area contributed by atoms with E-state index in [1.54, 1.807) is 17.0 Å². The zero-order valence-corrected chi connectivity index (χ0v) is 21.8. The molecule has 3 atom stereocenters. The van der Waals surface area contributed by atoms with Crippen molar-refractivity contribution in [2.24, 2.45) is 5.92 Å². The maximum absolute atomic E-state index is 13.8. The van der Waals surface area contributed by atoms with Crippen molar-refractivity contribution in [3.05, 3.63) is 80.3 Å². The quantitative estimate of drug-likeness (QED) is 0.455. The lowest BCUT2D eigenvalue weighted by atomic mass is 9.83. The molecule has 38 heavy (non-hydrogen) atoms. The Labute approximate surface area is 225 Å². The van der Waals surface area contributed by atoms with Gasteiger partial charge in [0.1, 0.15) is 23.4 Å². The summed E-state index contributed by atoms with van der Waals surface area (Å²) in [5, 5.41) is -0.372. The van der Waals surface area contributed by atoms with Crippen LogP contribution in [-0.2, 0) is 20.9 Å². The number of amides is 3. The number of nitrogens with zero attached hydrogens (tertiary/aromatic N) is 3. The van der Waals surface area contributed by atoms with Crippen LogP contribution < -0.4 is 9.77 Å². The summed E-state index contributed by atoms with van der Waals surface area (Å²) in [5.41, 5.74) is 0.857. The van der Waals surface area contributed by atoms with Gasteiger partial charge in [-0.05, 0) is 61.2 Å². The first-order valence-electron chi connectivity index (χ1n) is 12.4. The van der Waals surface area contributed by atoms with Gasteiger partial charge in [-0.3, -0.25) is 23.7 Å². The van der Waals surface area contributed by atoms with Gasteiger partial charge in [0.15, 0.2) is 0 Å². The minimum absolute atomic E-state index is 0.144. The summed E-state index contributed by atoms with van der Waals surface area (Å²) in [5.74, 6) is -3.56. The van der Waals surface area contributed by atoms with E-state index in [0.29, 0.717) is 28.6 Å². The summed E-state index contributed by atoms with van der Waals surface area (Å²) >= 11 is 2.08. The molecule has 0 radical (unpaired) electrons. The summed E-state index contributed by atoms with van der Waals surface area (Å²) in [4.78, 5) is 56.7. The van der Waals surface area contributed by atoms with Crippen LogP contribution in [0.1, 0.15) is 35.6 Å². The first-order valence-corrected chi connectivity index (χ1v) is 14.1. The first-order chi connectivity index (χ1) is 18.3. The van der Waals surface area contributed by atoms with Crippen molar-refractivity contribution in [3.63, 3.8) is 0 Å². The minimum atomic E-state index is -0.861. The summed E-state index contributed by atoms with van der Waals surface area (Å²) in [6.45, 7) is 1.15. The van der Waals surface area contributed by atoms with Crippen LogP contribution in [0.3, 0.4) is 0 Å². The molecule has 0 spiro atoms. The van der Waals surface area contributed by atoms with Crippen molar-refractivity contribution >= 4 is 46.5 Å². The summed E-state index contributed by atoms with van der Waals surface area (Å²) in [7, 11) is 0. The fraction of sp³-hybridized carbons (Fsp3) is 0.333. The fourth-order valence-corrected chi connectivity index (χ4v) is 8.28. The van der Waals surface area contributed by atoms with E-state index in [4.69, 9.17) is 0 Å². The molecule has 3 aliphatic rings. The van der Waals surface area contributed by atoms with Gasteiger partial charge in [-0.25, -0.2) is 13.7 Å². The highest BCUT2D eigenvalue weighted by Crippen LogP contribution is 2.53. The van der Waals surface area contributed by atoms with Gasteiger partial charge in [0, 0.05) is 23.9 Å². The zero-order chi connectivity index (χ0) is 26.6. The molecule has 4 heterocycles. The molecule has 1 aromatic heterocycles. The number of anilines is 1. The van der Waals surface area contributed by atoms with Crippen molar-refractivity contribution < 1.29 is 23.2 Å². The Morgan fingerprint density at radius 1 is 0.868 bits per heavy atom. The molecular formula is C27H23F2N3O4S2. The number of rotatable bonds is 4. The molecule has 0 aliphatic carbocycles. The topological polar surface area (TPSA) is 79.7 Å². The normalized spacial score (nSPS) is 22.9. The third-order valence-corrected chi connectivity index (χ3v) is 9.97. The molecule has 0 bridgehead atoms. The standard InChI is InChI=1S/C27H23F2N3O4S2/c28-16-6-4-15(5-7-16)20-21-22(25(35)32(24(21)34)18-10-8-17(29)9-11-18)37-26-23(20)38-27(36)31(26)14-19(33)30-12-2-1-3-13-30/h4-11,20-22H,1-3,12-14H2/t20-,21?,22?/m1/s1. The Morgan fingerprint density at radius 3 is 2.16 bits per heavy atom. The van der Waals surface area contributed by atoms with Crippen molar-refractivity contribution in [1.82, 2.24) is 9.47 Å². The SMILES string of the molecule is O=C(Cn1c2c(sc1=O)[C@H](c1ccc(F)cc1)C1C(=O)N(c3ccc(F)cc3)C(=O)C1S2)N1CCCCC1. The Morgan fingerprint density at radius 2 is 1.50 bits per heavy atom. The number of halogens is 2. The average Bonchev–Trinajstić information content (AvgIpc) is 3.36. The lowest BCUT2D eigenvalue weighted by Gasteiger charge is -2.31. The number of thiazole rings is 1. The Hall–Kier alpha value is -3.31. The Bertz CT molecular complexity index is 1480. The van der Waals surface area contributed by atoms with Crippen LogP contribution in [0.4, 0.5) is 14.5 Å². The van der Waals surface area contributed by atoms with Gasteiger partial charge in [0.25, 0.3) is 0 Å². The van der Waals surface area contributed by atoms with E-state index in [1.165, 1.54) is 41.0 Å². The van der Waals surface area contributed by atoms with E-state index in [2.05, 4.69) is 0 Å². The molecule has 196 valence electrons. The lowest BCUT2D eigenvalue weighted by Crippen LogP contribution is -2.39. The number of piperidine rings is 1. The number of carbonyl (C=O) groups is 3. The number of hydrogen-bond donors (Lipinski definition) is 0. The third-order valence-electron chi connectivity index (χ3n) is 7.37. The molecule has 2 fully saturated rings. The molecular weight excluding hydrogens is 532 g/mol. The highest BCUT2D eigenvalue weighted by molar-refractivity contribution is 8.00. The number of carbonyl (C=O) groups excluding carboxylic acids is 3. The molecule has 2 aromatic carbocycles. The van der Waals surface area contributed by atoms with E-state index in [1.807, 2.05) is 0 Å². The fourth-order valence-electron chi connectivity index (χ4n) is 5.51. The summed E-state index contributed by atoms with van der Waals surface area (Å²) < 4.78 is 28.8. The number of fused-ring (bicyclic) bond motifs is 2. The minimum Gasteiger partial charge on any atom is -0.341 e. The summed E-state index contributed by atoms with van der Waals surface area (Å²) in [6.07, 6.45) is 2.91. The molecule has 2 unspecified atom stereocenters. The van der Waals surface area contributed by atoms with Gasteiger partial charge in [0.2, 0.25) is 17.7 Å². The van der Waals surface area contributed by atoms with Gasteiger partial charge in [-0.15, -0.1) is 0 Å². The largest absolute Gasteiger partial charge is 0.341 e. The number of aromatic nitrogens is 1. The van der Waals surface area contributed by atoms with Gasteiger partial charge in [-0.2, -0.15) is 0 Å². The van der Waals surface area contributed by atoms with E-state index in [-0.39, 0.29) is 23.0 Å². The molecule has 3 aromatic rings. The van der Waals surface area contributed by atoms with Gasteiger partial charge in [-0.1, -0.05) is 35.2 Å². The van der Waals surface area contributed by atoms with Crippen LogP contribution in [-0.4, -0.2) is 45.5 Å². The predicted molar refractivity (Wildman–Crippen MR) is 139 cm³/mol. The molecule has 11 heteroatoms. The lowest BCUT2D eigenvalue weighted by molar-refractivity contribution is -0.133. The highest BCUT2D eigenvalue weighted by atomic mass is 32.2. The van der Waals surface area contributed by atoms with Gasteiger partial charge < -0.3 is 4.90 Å². The monoisotopic (exact) mass is 555 g/mol. The van der Waals surface area contributed by atoms with E-state index in [0.717, 1.165) is 47.3 Å². The smallest absolute Gasteiger partial charge is 0.308 e. The predicted octanol–water partition coefficient (Wildman–Crippen LogP) is 4.00. The van der Waals surface area contributed by atoms with Gasteiger partial charge in [0.05, 0.1) is 16.6 Å². The first kappa shape index (κ1) is 25.0. The molecule has 3 aliphatic heterocycles. The Kier molecular flexibility index (Phi) is 6.43. The van der Waals surface area contributed by atoms with Crippen molar-refractivity contribution in [2.75, 3.05) is 18.0 Å². The van der Waals surface area contributed by atoms with E-state index < -0.39 is 40.5 Å². The summed E-state index contributed by atoms with van der Waals surface area (Å²) in [6, 6.07) is 10.8. The number of benzene rings is 2. The van der Waals surface area contributed by atoms with Crippen LogP contribution in [0.5, 0.6) is 0 Å². The van der Waals surface area contributed by atoms with Crippen LogP contribution in [0.25, 0.3) is 0 Å². The number of thioether (sulfide) groups is 1. The molecule has 7 nitrogen and oxygen atoms in total. The van der Waals surface area contributed by atoms with Crippen molar-refractivity contribution in [1.29, 1.82) is 0 Å². The number of hydrogen-bond acceptors (Lipinski definition) is 6. The number of likely N-dealkylation sites (tertiary alicyclic amines) is 1. The van der Waals surface area contributed by atoms with Crippen LogP contribution in [0, 0.1) is 17.6 Å². The molecule has 2 saturated heterocycles. The second kappa shape index (κ2) is 9.77. The highest BCUT2D eigenvalue weighted by Gasteiger charge is 2.56. The van der Waals surface area contributed by atoms with Crippen LogP contribution in [0.2, 0.25) is 0 Å². The maximum atomic E-state index is 13.8. The van der Waals surface area contributed by atoms with Crippen molar-refractivity contribution in [3.8, 4) is 0 Å². The molecule has 6 rings (SSSR count).